The molecule has 3 rings (SSSR count). The Bertz CT molecular complexity index is 541. The number of nitrogens with one attached hydrogen (secondary N) is 1. The van der Waals surface area contributed by atoms with Crippen molar-refractivity contribution in [1.82, 2.24) is 10.2 Å². The molecule has 1 aliphatic heterocycles. The van der Waals surface area contributed by atoms with E-state index in [9.17, 15) is 9.59 Å². The van der Waals surface area contributed by atoms with E-state index in [4.69, 9.17) is 5.73 Å². The number of hydrogen-bond acceptors (Lipinski definition) is 3. The highest BCUT2D eigenvalue weighted by Gasteiger charge is 2.54. The number of nitrogens with zero attached hydrogens (tertiary/aromatic N) is 1. The van der Waals surface area contributed by atoms with Gasteiger partial charge in [0.1, 0.15) is 5.54 Å². The van der Waals surface area contributed by atoms with Gasteiger partial charge < -0.3 is 10.6 Å². The molecule has 0 unspecified atom stereocenters. The molecule has 3 amide bonds. The lowest BCUT2D eigenvalue weighted by atomic mass is 9.95. The predicted molar refractivity (Wildman–Crippen MR) is 62.3 cm³/mol. The Kier molecular flexibility index (Phi) is 1.79. The van der Waals surface area contributed by atoms with Crippen LogP contribution >= 0.6 is 0 Å². The van der Waals surface area contributed by atoms with E-state index in [2.05, 4.69) is 5.32 Å². The second-order valence-electron chi connectivity index (χ2n) is 4.73. The van der Waals surface area contributed by atoms with Gasteiger partial charge >= 0.3 is 6.03 Å². The minimum atomic E-state index is -0.743. The number of benzene rings is 1. The number of fused-ring (bicyclic) bond motifs is 1. The van der Waals surface area contributed by atoms with Crippen LogP contribution in [0.2, 0.25) is 0 Å². The Morgan fingerprint density at radius 1 is 1.29 bits per heavy atom. The quantitative estimate of drug-likeness (QED) is 0.497. The first-order chi connectivity index (χ1) is 8.03. The summed E-state index contributed by atoms with van der Waals surface area (Å²) in [5, 5.41) is 2.37. The third kappa shape index (κ3) is 1.19. The SMILES string of the molecule is CN1C(=O)NC(=O)[C@]12Cc1ccc(N)cc1C2. The lowest BCUT2D eigenvalue weighted by molar-refractivity contribution is -0.125. The van der Waals surface area contributed by atoms with Gasteiger partial charge in [0, 0.05) is 25.6 Å². The van der Waals surface area contributed by atoms with E-state index in [0.717, 1.165) is 11.1 Å². The number of rotatable bonds is 0. The minimum Gasteiger partial charge on any atom is -0.399 e. The minimum absolute atomic E-state index is 0.209. The molecule has 2 aliphatic rings. The van der Waals surface area contributed by atoms with Gasteiger partial charge in [0.05, 0.1) is 0 Å². The number of anilines is 1. The smallest absolute Gasteiger partial charge is 0.324 e. The van der Waals surface area contributed by atoms with Crippen LogP contribution in [0.1, 0.15) is 11.1 Å². The summed E-state index contributed by atoms with van der Waals surface area (Å²) in [5.41, 5.74) is 7.83. The lowest BCUT2D eigenvalue weighted by Gasteiger charge is -2.27. The standard InChI is InChI=1S/C12H13N3O2/c1-15-11(17)14-10(16)12(15)5-7-2-3-9(13)4-8(7)6-12/h2-4H,5-6,13H2,1H3,(H,14,16,17)/t12-/m1/s1. The predicted octanol–water partition coefficient (Wildman–Crippen LogP) is 0.288. The molecule has 3 N–H and O–H groups in total. The van der Waals surface area contributed by atoms with Crippen LogP contribution in [0.25, 0.3) is 0 Å². The highest BCUT2D eigenvalue weighted by atomic mass is 16.2. The molecule has 0 radical (unpaired) electrons. The van der Waals surface area contributed by atoms with Crippen molar-refractivity contribution in [1.29, 1.82) is 0 Å². The lowest BCUT2D eigenvalue weighted by Crippen LogP contribution is -2.48. The Morgan fingerprint density at radius 3 is 2.65 bits per heavy atom. The summed E-state index contributed by atoms with van der Waals surface area (Å²) in [7, 11) is 1.66. The van der Waals surface area contributed by atoms with Crippen molar-refractivity contribution in [2.24, 2.45) is 0 Å². The van der Waals surface area contributed by atoms with Crippen molar-refractivity contribution in [2.75, 3.05) is 12.8 Å². The number of imide groups is 1. The number of hydrogen-bond donors (Lipinski definition) is 2. The second-order valence-corrected chi connectivity index (χ2v) is 4.73. The fourth-order valence-corrected chi connectivity index (χ4v) is 2.72. The number of likely N-dealkylation sites (N-methyl/N-ethyl adjacent to an activating group) is 1. The molecule has 1 aromatic rings. The average Bonchev–Trinajstić information content (AvgIpc) is 2.74. The first kappa shape index (κ1) is 10.1. The van der Waals surface area contributed by atoms with Crippen molar-refractivity contribution in [2.45, 2.75) is 18.4 Å². The van der Waals surface area contributed by atoms with Gasteiger partial charge in [-0.3, -0.25) is 10.1 Å². The average molecular weight is 231 g/mol. The number of carbonyl (C=O) groups is 2. The first-order valence-corrected chi connectivity index (χ1v) is 5.49. The topological polar surface area (TPSA) is 75.4 Å². The van der Waals surface area contributed by atoms with Crippen LogP contribution < -0.4 is 11.1 Å². The zero-order chi connectivity index (χ0) is 12.2. The Hall–Kier alpha value is -2.04. The van der Waals surface area contributed by atoms with Crippen molar-refractivity contribution in [3.05, 3.63) is 29.3 Å². The molecule has 1 spiro atoms. The van der Waals surface area contributed by atoms with Gasteiger partial charge in [-0.25, -0.2) is 4.79 Å². The molecular weight excluding hydrogens is 218 g/mol. The Labute approximate surface area is 98.6 Å². The van der Waals surface area contributed by atoms with Gasteiger partial charge in [-0.2, -0.15) is 0 Å². The van der Waals surface area contributed by atoms with Crippen LogP contribution in [0, 0.1) is 0 Å². The zero-order valence-electron chi connectivity index (χ0n) is 9.49. The van der Waals surface area contributed by atoms with Crippen molar-refractivity contribution < 1.29 is 9.59 Å². The highest BCUT2D eigenvalue weighted by molar-refractivity contribution is 6.07. The maximum atomic E-state index is 12.0. The van der Waals surface area contributed by atoms with Crippen LogP contribution in [0.3, 0.4) is 0 Å². The van der Waals surface area contributed by atoms with E-state index in [1.54, 1.807) is 7.05 Å². The summed E-state index contributed by atoms with van der Waals surface area (Å²) in [6, 6.07) is 5.32. The van der Waals surface area contributed by atoms with E-state index >= 15 is 0 Å². The third-order valence-electron chi connectivity index (χ3n) is 3.79. The summed E-state index contributed by atoms with van der Waals surface area (Å²) in [6.07, 6.45) is 1.11. The Balaban J connectivity index is 2.05. The molecule has 17 heavy (non-hydrogen) atoms. The van der Waals surface area contributed by atoms with Gasteiger partial charge in [0.15, 0.2) is 0 Å². The summed E-state index contributed by atoms with van der Waals surface area (Å²) in [6.45, 7) is 0. The van der Waals surface area contributed by atoms with Crippen LogP contribution in [0.5, 0.6) is 0 Å². The number of nitrogens with two attached hydrogens (primary N) is 1. The molecular formula is C12H13N3O2. The molecule has 0 aromatic heterocycles. The van der Waals surface area contributed by atoms with Gasteiger partial charge in [0.2, 0.25) is 0 Å². The van der Waals surface area contributed by atoms with Gasteiger partial charge in [-0.15, -0.1) is 0 Å². The summed E-state index contributed by atoms with van der Waals surface area (Å²) < 4.78 is 0. The van der Waals surface area contributed by atoms with Crippen molar-refractivity contribution in [3.63, 3.8) is 0 Å². The van der Waals surface area contributed by atoms with Crippen molar-refractivity contribution in [3.8, 4) is 0 Å². The first-order valence-electron chi connectivity index (χ1n) is 5.49. The maximum Gasteiger partial charge on any atom is 0.324 e. The summed E-state index contributed by atoms with van der Waals surface area (Å²) in [4.78, 5) is 25.0. The molecule has 1 saturated heterocycles. The molecule has 5 nitrogen and oxygen atoms in total. The molecule has 1 aromatic carbocycles. The molecule has 1 atom stereocenters. The largest absolute Gasteiger partial charge is 0.399 e. The van der Waals surface area contributed by atoms with Crippen LogP contribution in [-0.4, -0.2) is 29.4 Å². The summed E-state index contributed by atoms with van der Waals surface area (Å²) >= 11 is 0. The summed E-state index contributed by atoms with van der Waals surface area (Å²) in [5.74, 6) is -0.209. The molecule has 5 heteroatoms. The number of amides is 3. The second kappa shape index (κ2) is 3.00. The van der Waals surface area contributed by atoms with Gasteiger partial charge in [-0.05, 0) is 23.3 Å². The fourth-order valence-electron chi connectivity index (χ4n) is 2.72. The molecule has 0 bridgehead atoms. The van der Waals surface area contributed by atoms with Crippen molar-refractivity contribution >= 4 is 17.6 Å². The van der Waals surface area contributed by atoms with Gasteiger partial charge in [0.25, 0.3) is 5.91 Å². The fraction of sp³-hybridized carbons (Fsp3) is 0.333. The zero-order valence-corrected chi connectivity index (χ0v) is 9.49. The monoisotopic (exact) mass is 231 g/mol. The van der Waals surface area contributed by atoms with Gasteiger partial charge in [-0.1, -0.05) is 6.07 Å². The third-order valence-corrected chi connectivity index (χ3v) is 3.79. The Morgan fingerprint density at radius 2 is 2.00 bits per heavy atom. The van der Waals surface area contributed by atoms with Crippen LogP contribution in [0.15, 0.2) is 18.2 Å². The molecule has 88 valence electrons. The molecule has 1 aliphatic carbocycles. The molecule has 1 fully saturated rings. The van der Waals surface area contributed by atoms with Crippen LogP contribution in [0.4, 0.5) is 10.5 Å². The van der Waals surface area contributed by atoms with E-state index in [1.165, 1.54) is 4.90 Å². The number of nitrogen functional groups attached to an aromatic ring is 1. The highest BCUT2D eigenvalue weighted by Crippen LogP contribution is 2.37. The number of carbonyl (C=O) groups excluding carboxylic acids is 2. The molecule has 0 saturated carbocycles. The number of urea groups is 1. The van der Waals surface area contributed by atoms with E-state index in [-0.39, 0.29) is 11.9 Å². The maximum absolute atomic E-state index is 12.0. The normalized spacial score (nSPS) is 26.5. The van der Waals surface area contributed by atoms with E-state index in [0.29, 0.717) is 18.5 Å². The van der Waals surface area contributed by atoms with E-state index in [1.807, 2.05) is 18.2 Å². The molecule has 1 heterocycles. The van der Waals surface area contributed by atoms with Crippen LogP contribution in [-0.2, 0) is 17.6 Å². The van der Waals surface area contributed by atoms with E-state index < -0.39 is 5.54 Å².